The van der Waals surface area contributed by atoms with Crippen LogP contribution < -0.4 is 11.5 Å². The van der Waals surface area contributed by atoms with E-state index in [1.807, 2.05) is 24.5 Å². The molecule has 4 rings (SSSR count). The van der Waals surface area contributed by atoms with Crippen molar-refractivity contribution < 1.29 is 0 Å². The number of rotatable bonds is 2. The van der Waals surface area contributed by atoms with Crippen LogP contribution in [0.3, 0.4) is 0 Å². The van der Waals surface area contributed by atoms with E-state index in [0.717, 1.165) is 47.2 Å². The summed E-state index contributed by atoms with van der Waals surface area (Å²) >= 11 is 3.61. The highest BCUT2D eigenvalue weighted by molar-refractivity contribution is 9.10. The van der Waals surface area contributed by atoms with Crippen molar-refractivity contribution in [3.05, 3.63) is 21.9 Å². The van der Waals surface area contributed by atoms with E-state index in [-0.39, 0.29) is 12.0 Å². The molecule has 2 aromatic rings. The quantitative estimate of drug-likeness (QED) is 0.829. The van der Waals surface area contributed by atoms with Crippen molar-refractivity contribution in [2.24, 2.45) is 10.8 Å². The number of nitrogens with zero attached hydrogens (tertiary/aromatic N) is 5. The summed E-state index contributed by atoms with van der Waals surface area (Å²) < 4.78 is 2.56. The largest absolute Gasteiger partial charge is 0.383 e. The zero-order chi connectivity index (χ0) is 16.1. The zero-order valence-corrected chi connectivity index (χ0v) is 14.6. The molecule has 3 atom stereocenters. The van der Waals surface area contributed by atoms with Crippen molar-refractivity contribution in [2.45, 2.75) is 37.1 Å². The van der Waals surface area contributed by atoms with Crippen molar-refractivity contribution >= 4 is 33.6 Å². The summed E-state index contributed by atoms with van der Waals surface area (Å²) in [5.74, 6) is 1.15. The minimum Gasteiger partial charge on any atom is -0.383 e. The molecule has 0 saturated heterocycles. The van der Waals surface area contributed by atoms with Gasteiger partial charge in [-0.3, -0.25) is 5.01 Å². The van der Waals surface area contributed by atoms with Crippen LogP contribution in [-0.4, -0.2) is 45.5 Å². The Balaban J connectivity index is 1.82. The van der Waals surface area contributed by atoms with E-state index in [1.54, 1.807) is 4.52 Å². The van der Waals surface area contributed by atoms with Gasteiger partial charge in [-0.25, -0.2) is 4.98 Å². The summed E-state index contributed by atoms with van der Waals surface area (Å²) in [6, 6.07) is 0.256. The third kappa shape index (κ3) is 2.40. The number of nitrogen functional groups attached to an aromatic ring is 1. The molecule has 23 heavy (non-hydrogen) atoms. The third-order valence-corrected chi connectivity index (χ3v) is 5.65. The lowest BCUT2D eigenvalue weighted by Gasteiger charge is -2.15. The van der Waals surface area contributed by atoms with E-state index in [0.29, 0.717) is 11.7 Å². The van der Waals surface area contributed by atoms with Crippen LogP contribution in [0.1, 0.15) is 42.4 Å². The van der Waals surface area contributed by atoms with Gasteiger partial charge >= 0.3 is 0 Å². The van der Waals surface area contributed by atoms with Crippen LogP contribution in [0, 0.1) is 0 Å². The van der Waals surface area contributed by atoms with Gasteiger partial charge in [0.15, 0.2) is 5.65 Å². The molecule has 122 valence electrons. The van der Waals surface area contributed by atoms with Crippen LogP contribution in [0.2, 0.25) is 0 Å². The Kier molecular flexibility index (Phi) is 3.53. The molecule has 2 aliphatic rings. The minimum absolute atomic E-state index is 0.198. The average Bonchev–Trinajstić information content (AvgIpc) is 3.22. The first-order chi connectivity index (χ1) is 11.0. The lowest BCUT2D eigenvalue weighted by molar-refractivity contribution is 0.381. The number of hydrazone groups is 1. The molecule has 7 nitrogen and oxygen atoms in total. The number of nitrogens with two attached hydrogens (primary N) is 2. The van der Waals surface area contributed by atoms with Gasteiger partial charge in [0.1, 0.15) is 5.82 Å². The highest BCUT2D eigenvalue weighted by Gasteiger charge is 2.29. The minimum atomic E-state index is 0.198. The van der Waals surface area contributed by atoms with Crippen LogP contribution in [0.25, 0.3) is 5.65 Å². The highest BCUT2D eigenvalue weighted by atomic mass is 79.9. The fourth-order valence-corrected chi connectivity index (χ4v) is 4.16. The van der Waals surface area contributed by atoms with Gasteiger partial charge in [-0.05, 0) is 35.2 Å². The fourth-order valence-electron chi connectivity index (χ4n) is 3.58. The van der Waals surface area contributed by atoms with Crippen molar-refractivity contribution in [1.82, 2.24) is 19.6 Å². The lowest BCUT2D eigenvalue weighted by Crippen LogP contribution is -2.15. The molecule has 0 bridgehead atoms. The molecule has 3 heterocycles. The number of hydrogen-bond donors (Lipinski definition) is 2. The van der Waals surface area contributed by atoms with Gasteiger partial charge in [-0.1, -0.05) is 0 Å². The van der Waals surface area contributed by atoms with Gasteiger partial charge in [0, 0.05) is 43.2 Å². The summed E-state index contributed by atoms with van der Waals surface area (Å²) in [4.78, 5) is 4.92. The maximum Gasteiger partial charge on any atom is 0.161 e. The van der Waals surface area contributed by atoms with Crippen molar-refractivity contribution in [3.63, 3.8) is 0 Å². The van der Waals surface area contributed by atoms with Gasteiger partial charge in [0.2, 0.25) is 0 Å². The molecular formula is C15H20BrN7. The Morgan fingerprint density at radius 2 is 2.17 bits per heavy atom. The molecule has 1 fully saturated rings. The predicted octanol–water partition coefficient (Wildman–Crippen LogP) is 1.68. The van der Waals surface area contributed by atoms with Gasteiger partial charge in [-0.15, -0.1) is 0 Å². The third-order valence-electron chi connectivity index (χ3n) is 4.84. The summed E-state index contributed by atoms with van der Waals surface area (Å²) in [5.41, 5.74) is 15.3. The Hall–Kier alpha value is -1.67. The summed E-state index contributed by atoms with van der Waals surface area (Å²) in [6.07, 6.45) is 6.85. The first-order valence-electron chi connectivity index (χ1n) is 7.88. The van der Waals surface area contributed by atoms with Gasteiger partial charge in [0.05, 0.1) is 16.4 Å². The summed E-state index contributed by atoms with van der Waals surface area (Å²) in [5, 5.41) is 10.7. The number of likely N-dealkylation sites (N-methyl/N-ethyl adjacent to an activating group) is 1. The zero-order valence-electron chi connectivity index (χ0n) is 13.0. The summed E-state index contributed by atoms with van der Waals surface area (Å²) in [7, 11) is 1.96. The van der Waals surface area contributed by atoms with Crippen molar-refractivity contribution in [2.75, 3.05) is 19.3 Å². The number of anilines is 1. The fraction of sp³-hybridized carbons (Fsp3) is 0.533. The maximum absolute atomic E-state index is 6.30. The first kappa shape index (κ1) is 14.9. The van der Waals surface area contributed by atoms with E-state index in [1.165, 1.54) is 0 Å². The molecule has 0 aromatic carbocycles. The van der Waals surface area contributed by atoms with Crippen molar-refractivity contribution in [3.8, 4) is 0 Å². The molecule has 1 saturated carbocycles. The second kappa shape index (κ2) is 5.45. The van der Waals surface area contributed by atoms with Gasteiger partial charge in [0.25, 0.3) is 0 Å². The normalized spacial score (nSPS) is 27.4. The SMILES string of the molecule is CN1CC(c2cnn3c(N)c(Br)c([C@@H]4CC[C@H](N)C4)nc23)C=N1. The van der Waals surface area contributed by atoms with Crippen molar-refractivity contribution in [1.29, 1.82) is 0 Å². The topological polar surface area (TPSA) is 97.8 Å². The molecule has 1 aliphatic heterocycles. The van der Waals surface area contributed by atoms with E-state index in [2.05, 4.69) is 26.1 Å². The van der Waals surface area contributed by atoms with E-state index < -0.39 is 0 Å². The monoisotopic (exact) mass is 377 g/mol. The highest BCUT2D eigenvalue weighted by Crippen LogP contribution is 2.39. The Bertz CT molecular complexity index is 784. The number of aromatic nitrogens is 3. The Morgan fingerprint density at radius 3 is 2.83 bits per heavy atom. The molecule has 8 heteroatoms. The standard InChI is InChI=1S/C15H20BrN7/c1-22-7-9(5-19-22)11-6-20-23-14(18)12(16)13(21-15(11)23)8-2-3-10(17)4-8/h5-6,8-10H,2-4,7,17-18H2,1H3/t8-,9?,10+/m1/s1. The maximum atomic E-state index is 6.30. The van der Waals surface area contributed by atoms with E-state index in [9.17, 15) is 0 Å². The summed E-state index contributed by atoms with van der Waals surface area (Å²) in [6.45, 7) is 0.836. The smallest absolute Gasteiger partial charge is 0.161 e. The Morgan fingerprint density at radius 1 is 1.35 bits per heavy atom. The van der Waals surface area contributed by atoms with Crippen LogP contribution in [0.4, 0.5) is 5.82 Å². The van der Waals surface area contributed by atoms with E-state index >= 15 is 0 Å². The van der Waals surface area contributed by atoms with Gasteiger partial charge < -0.3 is 11.5 Å². The molecule has 4 N–H and O–H groups in total. The number of halogens is 1. The first-order valence-corrected chi connectivity index (χ1v) is 8.67. The second-order valence-electron chi connectivity index (χ2n) is 6.51. The molecule has 1 unspecified atom stereocenters. The van der Waals surface area contributed by atoms with Crippen LogP contribution in [-0.2, 0) is 0 Å². The molecule has 0 amide bonds. The number of fused-ring (bicyclic) bond motifs is 1. The van der Waals surface area contributed by atoms with Crippen LogP contribution in [0.5, 0.6) is 0 Å². The molecule has 0 radical (unpaired) electrons. The van der Waals surface area contributed by atoms with Gasteiger partial charge in [-0.2, -0.15) is 14.7 Å². The average molecular weight is 378 g/mol. The molecule has 1 aliphatic carbocycles. The van der Waals surface area contributed by atoms with E-state index in [4.69, 9.17) is 16.5 Å². The number of hydrogen-bond acceptors (Lipinski definition) is 6. The molecule has 0 spiro atoms. The predicted molar refractivity (Wildman–Crippen MR) is 93.5 cm³/mol. The second-order valence-corrected chi connectivity index (χ2v) is 7.31. The lowest BCUT2D eigenvalue weighted by atomic mass is 10.0. The Labute approximate surface area is 142 Å². The molecule has 2 aromatic heterocycles. The van der Waals surface area contributed by atoms with Crippen LogP contribution >= 0.6 is 15.9 Å². The van der Waals surface area contributed by atoms with Crippen LogP contribution in [0.15, 0.2) is 15.8 Å². The molecular weight excluding hydrogens is 358 g/mol.